The van der Waals surface area contributed by atoms with Gasteiger partial charge >= 0.3 is 0 Å². The molecule has 1 radical (unpaired) electrons. The molecule has 0 amide bonds. The summed E-state index contributed by atoms with van der Waals surface area (Å²) in [6.07, 6.45) is 6.35. The molecule has 2 rings (SSSR count). The standard InChI is InChI=1S/C12H11/c1-10(12-8-5-9-12)11-6-3-2-4-7-11/h2-9H,1H3. The normalized spacial score (nSPS) is 18.8. The number of benzene rings is 1. The predicted molar refractivity (Wildman–Crippen MR) is 52.5 cm³/mol. The van der Waals surface area contributed by atoms with Crippen LogP contribution in [0.3, 0.4) is 0 Å². The molecule has 0 aromatic heterocycles. The van der Waals surface area contributed by atoms with Crippen LogP contribution in [-0.4, -0.2) is 0 Å². The third kappa shape index (κ3) is 1.20. The van der Waals surface area contributed by atoms with Gasteiger partial charge in [0.2, 0.25) is 0 Å². The fourth-order valence-electron chi connectivity index (χ4n) is 1.30. The van der Waals surface area contributed by atoms with Gasteiger partial charge in [0.15, 0.2) is 0 Å². The SMILES string of the molecule is C/C(=C1/[CH]C=C1)c1ccccc1. The van der Waals surface area contributed by atoms with Crippen LogP contribution in [0, 0.1) is 6.42 Å². The van der Waals surface area contributed by atoms with Gasteiger partial charge in [0.25, 0.3) is 0 Å². The zero-order chi connectivity index (χ0) is 8.39. The molecule has 0 unspecified atom stereocenters. The maximum Gasteiger partial charge on any atom is 0.0128 e. The predicted octanol–water partition coefficient (Wildman–Crippen LogP) is 3.23. The van der Waals surface area contributed by atoms with E-state index in [0.29, 0.717) is 0 Å². The quantitative estimate of drug-likeness (QED) is 0.584. The summed E-state index contributed by atoms with van der Waals surface area (Å²) in [6.45, 7) is 2.16. The van der Waals surface area contributed by atoms with Crippen LogP contribution in [0.5, 0.6) is 0 Å². The minimum atomic E-state index is 1.31. The number of allylic oxidation sites excluding steroid dienone is 4. The van der Waals surface area contributed by atoms with E-state index in [9.17, 15) is 0 Å². The van der Waals surface area contributed by atoms with Crippen molar-refractivity contribution in [3.8, 4) is 0 Å². The summed E-state index contributed by atoms with van der Waals surface area (Å²) in [7, 11) is 0. The minimum absolute atomic E-state index is 1.31. The highest BCUT2D eigenvalue weighted by Crippen LogP contribution is 2.25. The fraction of sp³-hybridized carbons (Fsp3) is 0.0833. The van der Waals surface area contributed by atoms with Gasteiger partial charge in [-0.1, -0.05) is 42.5 Å². The lowest BCUT2D eigenvalue weighted by molar-refractivity contribution is 1.42. The molecule has 59 valence electrons. The van der Waals surface area contributed by atoms with Gasteiger partial charge in [0.1, 0.15) is 0 Å². The maximum atomic E-state index is 2.16. The molecule has 0 heterocycles. The molecule has 12 heavy (non-hydrogen) atoms. The summed E-state index contributed by atoms with van der Waals surface area (Å²) in [5, 5.41) is 0. The average Bonchev–Trinajstić information content (AvgIpc) is 2.03. The molecule has 1 aromatic rings. The van der Waals surface area contributed by atoms with Gasteiger partial charge in [-0.3, -0.25) is 0 Å². The zero-order valence-electron chi connectivity index (χ0n) is 7.12. The van der Waals surface area contributed by atoms with Crippen LogP contribution in [0.4, 0.5) is 0 Å². The molecule has 0 N–H and O–H groups in total. The summed E-state index contributed by atoms with van der Waals surface area (Å²) in [4.78, 5) is 0. The Bertz CT molecular complexity index is 328. The average molecular weight is 155 g/mol. The Kier molecular flexibility index (Phi) is 1.83. The van der Waals surface area contributed by atoms with Crippen LogP contribution in [0.2, 0.25) is 0 Å². The Balaban J connectivity index is 2.38. The second-order valence-corrected chi connectivity index (χ2v) is 2.97. The topological polar surface area (TPSA) is 0 Å². The van der Waals surface area contributed by atoms with Gasteiger partial charge in [-0.25, -0.2) is 0 Å². The van der Waals surface area contributed by atoms with Crippen molar-refractivity contribution < 1.29 is 0 Å². The summed E-state index contributed by atoms with van der Waals surface area (Å²) in [5.41, 5.74) is 4.02. The first kappa shape index (κ1) is 7.35. The zero-order valence-corrected chi connectivity index (χ0v) is 7.12. The van der Waals surface area contributed by atoms with Gasteiger partial charge < -0.3 is 0 Å². The molecule has 1 aliphatic rings. The lowest BCUT2D eigenvalue weighted by Gasteiger charge is -2.12. The van der Waals surface area contributed by atoms with E-state index in [0.717, 1.165) is 0 Å². The molecule has 0 saturated heterocycles. The van der Waals surface area contributed by atoms with Crippen LogP contribution < -0.4 is 0 Å². The van der Waals surface area contributed by atoms with Gasteiger partial charge in [-0.2, -0.15) is 0 Å². The van der Waals surface area contributed by atoms with E-state index in [1.54, 1.807) is 0 Å². The Morgan fingerprint density at radius 2 is 1.75 bits per heavy atom. The van der Waals surface area contributed by atoms with E-state index in [1.807, 2.05) is 6.07 Å². The van der Waals surface area contributed by atoms with E-state index < -0.39 is 0 Å². The molecule has 1 aliphatic carbocycles. The van der Waals surface area contributed by atoms with Crippen LogP contribution >= 0.6 is 0 Å². The molecular formula is C12H11. The van der Waals surface area contributed by atoms with E-state index in [2.05, 4.69) is 49.8 Å². The van der Waals surface area contributed by atoms with Crippen LogP contribution in [0.25, 0.3) is 5.57 Å². The van der Waals surface area contributed by atoms with Crippen molar-refractivity contribution in [1.82, 2.24) is 0 Å². The number of hydrogen-bond donors (Lipinski definition) is 0. The second-order valence-electron chi connectivity index (χ2n) is 2.97. The highest BCUT2D eigenvalue weighted by Gasteiger charge is 2.05. The largest absolute Gasteiger partial charge is 0.0758 e. The van der Waals surface area contributed by atoms with Gasteiger partial charge in [-0.05, 0) is 23.6 Å². The van der Waals surface area contributed by atoms with Crippen molar-refractivity contribution in [2.75, 3.05) is 0 Å². The van der Waals surface area contributed by atoms with Crippen molar-refractivity contribution in [3.63, 3.8) is 0 Å². The second kappa shape index (κ2) is 2.98. The Morgan fingerprint density at radius 1 is 1.08 bits per heavy atom. The summed E-state index contributed by atoms with van der Waals surface area (Å²) >= 11 is 0. The van der Waals surface area contributed by atoms with E-state index in [1.165, 1.54) is 16.7 Å². The van der Waals surface area contributed by atoms with Crippen molar-refractivity contribution >= 4 is 5.57 Å². The van der Waals surface area contributed by atoms with Crippen molar-refractivity contribution in [3.05, 3.63) is 60.0 Å². The van der Waals surface area contributed by atoms with Crippen LogP contribution in [0.15, 0.2) is 48.1 Å². The summed E-state index contributed by atoms with van der Waals surface area (Å²) < 4.78 is 0. The van der Waals surface area contributed by atoms with E-state index in [-0.39, 0.29) is 0 Å². The van der Waals surface area contributed by atoms with Gasteiger partial charge in [0, 0.05) is 6.42 Å². The lowest BCUT2D eigenvalue weighted by Crippen LogP contribution is -1.92. The molecule has 1 aromatic carbocycles. The third-order valence-electron chi connectivity index (χ3n) is 2.19. The maximum absolute atomic E-state index is 2.16. The first-order chi connectivity index (χ1) is 5.88. The number of rotatable bonds is 1. The molecule has 0 saturated carbocycles. The molecule has 0 bridgehead atoms. The molecule has 0 fully saturated rings. The summed E-state index contributed by atoms with van der Waals surface area (Å²) in [6, 6.07) is 10.5. The number of hydrogen-bond acceptors (Lipinski definition) is 0. The molecule has 0 nitrogen and oxygen atoms in total. The third-order valence-corrected chi connectivity index (χ3v) is 2.19. The Morgan fingerprint density at radius 3 is 2.25 bits per heavy atom. The fourth-order valence-corrected chi connectivity index (χ4v) is 1.30. The first-order valence-electron chi connectivity index (χ1n) is 4.15. The van der Waals surface area contributed by atoms with Crippen molar-refractivity contribution in [2.45, 2.75) is 6.92 Å². The first-order valence-corrected chi connectivity index (χ1v) is 4.15. The molecule has 0 atom stereocenters. The molecule has 0 aliphatic heterocycles. The minimum Gasteiger partial charge on any atom is -0.0758 e. The molecule has 0 spiro atoms. The van der Waals surface area contributed by atoms with Gasteiger partial charge in [-0.15, -0.1) is 0 Å². The Hall–Kier alpha value is -1.30. The highest BCUT2D eigenvalue weighted by molar-refractivity contribution is 5.74. The van der Waals surface area contributed by atoms with E-state index in [4.69, 9.17) is 0 Å². The lowest BCUT2D eigenvalue weighted by atomic mass is 9.93. The Labute approximate surface area is 73.2 Å². The smallest absolute Gasteiger partial charge is 0.0128 e. The monoisotopic (exact) mass is 155 g/mol. The van der Waals surface area contributed by atoms with Crippen molar-refractivity contribution in [2.24, 2.45) is 0 Å². The molecule has 0 heteroatoms. The van der Waals surface area contributed by atoms with Crippen LogP contribution in [-0.2, 0) is 0 Å². The highest BCUT2D eigenvalue weighted by atomic mass is 14.1. The summed E-state index contributed by atoms with van der Waals surface area (Å²) in [5.74, 6) is 0. The van der Waals surface area contributed by atoms with Gasteiger partial charge in [0.05, 0.1) is 0 Å². The van der Waals surface area contributed by atoms with Crippen LogP contribution in [0.1, 0.15) is 12.5 Å². The molecular weight excluding hydrogens is 144 g/mol. The van der Waals surface area contributed by atoms with E-state index >= 15 is 0 Å². The van der Waals surface area contributed by atoms with Crippen molar-refractivity contribution in [1.29, 1.82) is 0 Å².